The average Bonchev–Trinajstić information content (AvgIpc) is 3.31. The lowest BCUT2D eigenvalue weighted by molar-refractivity contribution is -0.127. The minimum atomic E-state index is 0. The third-order valence-corrected chi connectivity index (χ3v) is 5.84. The number of carbonyl (C=O) groups is 1. The molecule has 1 saturated carbocycles. The normalized spacial score (nSPS) is 25.3. The highest BCUT2D eigenvalue weighted by Crippen LogP contribution is 2.45. The van der Waals surface area contributed by atoms with Crippen LogP contribution in [0.3, 0.4) is 0 Å². The first kappa shape index (κ1) is 20.7. The van der Waals surface area contributed by atoms with Gasteiger partial charge < -0.3 is 19.9 Å². The van der Waals surface area contributed by atoms with Crippen LogP contribution in [-0.4, -0.2) is 75.2 Å². The van der Waals surface area contributed by atoms with Crippen molar-refractivity contribution in [2.75, 3.05) is 53.5 Å². The lowest BCUT2D eigenvalue weighted by Crippen LogP contribution is -2.43. The average molecular weight is 464 g/mol. The van der Waals surface area contributed by atoms with Crippen LogP contribution < -0.4 is 5.32 Å². The molecule has 2 heterocycles. The van der Waals surface area contributed by atoms with Crippen LogP contribution in [-0.2, 0) is 9.53 Å². The van der Waals surface area contributed by atoms with Gasteiger partial charge in [-0.3, -0.25) is 4.79 Å². The highest BCUT2D eigenvalue weighted by molar-refractivity contribution is 14.0. The van der Waals surface area contributed by atoms with Gasteiger partial charge in [-0.15, -0.1) is 24.0 Å². The summed E-state index contributed by atoms with van der Waals surface area (Å²) in [6.45, 7) is 4.96. The van der Waals surface area contributed by atoms with Crippen LogP contribution in [0.15, 0.2) is 4.99 Å². The van der Waals surface area contributed by atoms with Gasteiger partial charge in [0.1, 0.15) is 6.54 Å². The Balaban J connectivity index is 0.00000225. The Morgan fingerprint density at radius 1 is 1.32 bits per heavy atom. The Morgan fingerprint density at radius 2 is 2.08 bits per heavy atom. The molecule has 1 N–H and O–H groups in total. The van der Waals surface area contributed by atoms with E-state index < -0.39 is 0 Å². The summed E-state index contributed by atoms with van der Waals surface area (Å²) in [4.78, 5) is 20.6. The van der Waals surface area contributed by atoms with Gasteiger partial charge in [0.15, 0.2) is 5.96 Å². The van der Waals surface area contributed by atoms with Gasteiger partial charge in [-0.1, -0.05) is 12.8 Å². The molecule has 2 saturated heterocycles. The van der Waals surface area contributed by atoms with Crippen molar-refractivity contribution in [1.82, 2.24) is 15.1 Å². The largest absolute Gasteiger partial charge is 0.381 e. The number of amides is 1. The van der Waals surface area contributed by atoms with Gasteiger partial charge >= 0.3 is 0 Å². The Morgan fingerprint density at radius 3 is 2.72 bits per heavy atom. The number of likely N-dealkylation sites (N-methyl/N-ethyl adjacent to an activating group) is 1. The molecule has 3 rings (SSSR count). The molecular weight excluding hydrogens is 431 g/mol. The van der Waals surface area contributed by atoms with E-state index in [-0.39, 0.29) is 36.4 Å². The summed E-state index contributed by atoms with van der Waals surface area (Å²) < 4.78 is 5.47. The van der Waals surface area contributed by atoms with Gasteiger partial charge in [0.05, 0.1) is 6.61 Å². The van der Waals surface area contributed by atoms with Crippen LogP contribution in [0.5, 0.6) is 0 Å². The van der Waals surface area contributed by atoms with E-state index in [1.165, 1.54) is 32.1 Å². The topological polar surface area (TPSA) is 57.2 Å². The van der Waals surface area contributed by atoms with Gasteiger partial charge in [-0.2, -0.15) is 0 Å². The molecule has 0 aromatic carbocycles. The van der Waals surface area contributed by atoms with Crippen molar-refractivity contribution < 1.29 is 9.53 Å². The second-order valence-electron chi connectivity index (χ2n) is 7.92. The number of halogens is 1. The van der Waals surface area contributed by atoms with Crippen molar-refractivity contribution >= 4 is 35.8 Å². The molecule has 1 aliphatic carbocycles. The summed E-state index contributed by atoms with van der Waals surface area (Å²) >= 11 is 0. The second-order valence-corrected chi connectivity index (χ2v) is 7.92. The monoisotopic (exact) mass is 464 g/mol. The summed E-state index contributed by atoms with van der Waals surface area (Å²) in [7, 11) is 3.56. The Hall–Kier alpha value is -0.570. The minimum absolute atomic E-state index is 0. The summed E-state index contributed by atoms with van der Waals surface area (Å²) in [5.74, 6) is 1.52. The Labute approximate surface area is 168 Å². The molecule has 3 aliphatic rings. The highest BCUT2D eigenvalue weighted by Gasteiger charge is 2.41. The number of hydrogen-bond donors (Lipinski definition) is 1. The first-order valence-electron chi connectivity index (χ1n) is 9.39. The third kappa shape index (κ3) is 5.45. The Bertz CT molecular complexity index is 472. The standard InChI is InChI=1S/C18H32N4O2.HI/c1-21(2)16(23)12-20-17(19-11-15-5-10-24-13-15)22-9-8-18(14-22)6-3-4-7-18;/h15H,3-14H2,1-2H3,(H,19,20);1H. The molecule has 6 nitrogen and oxygen atoms in total. The lowest BCUT2D eigenvalue weighted by atomic mass is 9.86. The van der Waals surface area contributed by atoms with Crippen LogP contribution >= 0.6 is 24.0 Å². The smallest absolute Gasteiger partial charge is 0.243 e. The third-order valence-electron chi connectivity index (χ3n) is 5.84. The van der Waals surface area contributed by atoms with E-state index >= 15 is 0 Å². The van der Waals surface area contributed by atoms with Crippen LogP contribution in [0.2, 0.25) is 0 Å². The molecule has 3 fully saturated rings. The number of aliphatic imine (C=N–C) groups is 1. The van der Waals surface area contributed by atoms with E-state index in [0.29, 0.717) is 11.3 Å². The van der Waals surface area contributed by atoms with E-state index in [2.05, 4.69) is 15.2 Å². The van der Waals surface area contributed by atoms with Gasteiger partial charge in [0.2, 0.25) is 5.91 Å². The van der Waals surface area contributed by atoms with E-state index in [1.54, 1.807) is 19.0 Å². The zero-order valence-corrected chi connectivity index (χ0v) is 18.0. The van der Waals surface area contributed by atoms with Crippen molar-refractivity contribution in [3.05, 3.63) is 0 Å². The Kier molecular flexibility index (Phi) is 7.79. The van der Waals surface area contributed by atoms with E-state index in [4.69, 9.17) is 4.74 Å². The molecule has 0 radical (unpaired) electrons. The number of rotatable bonds is 4. The molecule has 1 atom stereocenters. The number of hydrogen-bond acceptors (Lipinski definition) is 3. The van der Waals surface area contributed by atoms with Crippen LogP contribution in [0.1, 0.15) is 38.5 Å². The molecule has 1 unspecified atom stereocenters. The maximum atomic E-state index is 11.9. The SMILES string of the molecule is CN(C)C(=O)CN=C(NCC1CCOC1)N1CCC2(CCCC2)C1.I. The number of nitrogens with zero attached hydrogens (tertiary/aromatic N) is 3. The zero-order valence-electron chi connectivity index (χ0n) is 15.6. The maximum Gasteiger partial charge on any atom is 0.243 e. The first-order valence-corrected chi connectivity index (χ1v) is 9.39. The number of carbonyl (C=O) groups excluding carboxylic acids is 1. The molecule has 1 amide bonds. The highest BCUT2D eigenvalue weighted by atomic mass is 127. The number of guanidine groups is 1. The van der Waals surface area contributed by atoms with Crippen molar-refractivity contribution in [2.45, 2.75) is 38.5 Å². The molecule has 7 heteroatoms. The fourth-order valence-corrected chi connectivity index (χ4v) is 4.18. The predicted octanol–water partition coefficient (Wildman–Crippen LogP) is 1.94. The van der Waals surface area contributed by atoms with Gasteiger partial charge in [-0.25, -0.2) is 4.99 Å². The van der Waals surface area contributed by atoms with E-state index in [0.717, 1.165) is 45.2 Å². The molecule has 144 valence electrons. The maximum absolute atomic E-state index is 11.9. The summed E-state index contributed by atoms with van der Waals surface area (Å²) in [6, 6.07) is 0. The molecule has 25 heavy (non-hydrogen) atoms. The van der Waals surface area contributed by atoms with Crippen molar-refractivity contribution in [1.29, 1.82) is 0 Å². The van der Waals surface area contributed by atoms with Gasteiger partial charge in [0, 0.05) is 46.3 Å². The molecule has 0 bridgehead atoms. The first-order chi connectivity index (χ1) is 11.6. The van der Waals surface area contributed by atoms with Crippen LogP contribution in [0.4, 0.5) is 0 Å². The molecule has 2 aliphatic heterocycles. The molecule has 0 aromatic rings. The van der Waals surface area contributed by atoms with Gasteiger partial charge in [-0.05, 0) is 31.1 Å². The van der Waals surface area contributed by atoms with Crippen LogP contribution in [0, 0.1) is 11.3 Å². The van der Waals surface area contributed by atoms with Crippen molar-refractivity contribution in [3.63, 3.8) is 0 Å². The molecule has 1 spiro atoms. The minimum Gasteiger partial charge on any atom is -0.381 e. The molecular formula is C18H33IN4O2. The molecule has 0 aromatic heterocycles. The summed E-state index contributed by atoms with van der Waals surface area (Å²) in [5.41, 5.74) is 0.504. The number of nitrogens with one attached hydrogen (secondary N) is 1. The van der Waals surface area contributed by atoms with Crippen molar-refractivity contribution in [3.8, 4) is 0 Å². The second kappa shape index (κ2) is 9.39. The fourth-order valence-electron chi connectivity index (χ4n) is 4.18. The van der Waals surface area contributed by atoms with Crippen LogP contribution in [0.25, 0.3) is 0 Å². The quantitative estimate of drug-likeness (QED) is 0.393. The number of likely N-dealkylation sites (tertiary alicyclic amines) is 1. The summed E-state index contributed by atoms with van der Waals surface area (Å²) in [6.07, 6.45) is 7.81. The van der Waals surface area contributed by atoms with E-state index in [1.807, 2.05) is 0 Å². The fraction of sp³-hybridized carbons (Fsp3) is 0.889. The predicted molar refractivity (Wildman–Crippen MR) is 110 cm³/mol. The number of ether oxygens (including phenoxy) is 1. The lowest BCUT2D eigenvalue weighted by Gasteiger charge is -2.26. The van der Waals surface area contributed by atoms with Crippen molar-refractivity contribution in [2.24, 2.45) is 16.3 Å². The summed E-state index contributed by atoms with van der Waals surface area (Å²) in [5, 5.41) is 3.53. The van der Waals surface area contributed by atoms with E-state index in [9.17, 15) is 4.79 Å². The van der Waals surface area contributed by atoms with Gasteiger partial charge in [0.25, 0.3) is 0 Å². The zero-order chi connectivity index (χ0) is 17.0.